The standard InChI is InChI=1S/C17H28N4/c1-5-18-15-13(4)17(20-16(19-15)14-6-7-14)21-9-8-11(2)12(3)10-21/h11-12,14H,5-10H2,1-4H3,(H,18,19,20). The predicted molar refractivity (Wildman–Crippen MR) is 88.1 cm³/mol. The number of anilines is 2. The Morgan fingerprint density at radius 2 is 1.90 bits per heavy atom. The highest BCUT2D eigenvalue weighted by Gasteiger charge is 2.30. The highest BCUT2D eigenvalue weighted by Crippen LogP contribution is 2.40. The van der Waals surface area contributed by atoms with Crippen LogP contribution in [0.4, 0.5) is 11.6 Å². The minimum absolute atomic E-state index is 0.600. The van der Waals surface area contributed by atoms with Gasteiger partial charge in [0.1, 0.15) is 17.5 Å². The van der Waals surface area contributed by atoms with Crippen LogP contribution in [0.3, 0.4) is 0 Å². The monoisotopic (exact) mass is 288 g/mol. The molecule has 1 aromatic heterocycles. The fourth-order valence-corrected chi connectivity index (χ4v) is 3.15. The zero-order chi connectivity index (χ0) is 15.0. The summed E-state index contributed by atoms with van der Waals surface area (Å²) in [6.45, 7) is 12.2. The van der Waals surface area contributed by atoms with Crippen molar-refractivity contribution < 1.29 is 0 Å². The first-order valence-electron chi connectivity index (χ1n) is 8.47. The molecule has 1 saturated carbocycles. The van der Waals surface area contributed by atoms with Crippen molar-refractivity contribution in [3.8, 4) is 0 Å². The predicted octanol–water partition coefficient (Wildman–Crippen LogP) is 3.58. The van der Waals surface area contributed by atoms with Crippen LogP contribution in [0, 0.1) is 18.8 Å². The molecule has 116 valence electrons. The first kappa shape index (κ1) is 14.6. The Morgan fingerprint density at radius 1 is 1.14 bits per heavy atom. The van der Waals surface area contributed by atoms with Gasteiger partial charge in [-0.3, -0.25) is 0 Å². The third kappa shape index (κ3) is 2.99. The maximum Gasteiger partial charge on any atom is 0.137 e. The summed E-state index contributed by atoms with van der Waals surface area (Å²) < 4.78 is 0. The summed E-state index contributed by atoms with van der Waals surface area (Å²) in [7, 11) is 0. The molecule has 0 amide bonds. The minimum atomic E-state index is 0.600. The first-order chi connectivity index (χ1) is 10.1. The van der Waals surface area contributed by atoms with Crippen LogP contribution < -0.4 is 10.2 Å². The molecular weight excluding hydrogens is 260 g/mol. The van der Waals surface area contributed by atoms with E-state index in [2.05, 4.69) is 37.9 Å². The minimum Gasteiger partial charge on any atom is -0.370 e. The Labute approximate surface area is 128 Å². The lowest BCUT2D eigenvalue weighted by Crippen LogP contribution is -2.39. The van der Waals surface area contributed by atoms with Gasteiger partial charge in [-0.2, -0.15) is 0 Å². The lowest BCUT2D eigenvalue weighted by molar-refractivity contribution is 0.322. The Morgan fingerprint density at radius 3 is 2.52 bits per heavy atom. The van der Waals surface area contributed by atoms with Crippen molar-refractivity contribution >= 4 is 11.6 Å². The van der Waals surface area contributed by atoms with E-state index in [-0.39, 0.29) is 0 Å². The molecule has 0 spiro atoms. The molecular formula is C17H28N4. The third-order valence-corrected chi connectivity index (χ3v) is 5.06. The summed E-state index contributed by atoms with van der Waals surface area (Å²) >= 11 is 0. The normalized spacial score (nSPS) is 26.0. The molecule has 1 aliphatic heterocycles. The van der Waals surface area contributed by atoms with Crippen molar-refractivity contribution in [1.29, 1.82) is 0 Å². The fraction of sp³-hybridized carbons (Fsp3) is 0.765. The third-order valence-electron chi connectivity index (χ3n) is 5.06. The van der Waals surface area contributed by atoms with Crippen LogP contribution in [0.15, 0.2) is 0 Å². The molecule has 2 atom stereocenters. The van der Waals surface area contributed by atoms with E-state index in [4.69, 9.17) is 9.97 Å². The van der Waals surface area contributed by atoms with E-state index in [0.29, 0.717) is 5.92 Å². The summed E-state index contributed by atoms with van der Waals surface area (Å²) in [5, 5.41) is 3.42. The SMILES string of the molecule is CCNc1nc(C2CC2)nc(N2CCC(C)C(C)C2)c1C. The van der Waals surface area contributed by atoms with E-state index in [1.807, 2.05) is 0 Å². The maximum absolute atomic E-state index is 4.94. The average molecular weight is 288 g/mol. The Balaban J connectivity index is 1.92. The molecule has 1 saturated heterocycles. The second-order valence-electron chi connectivity index (χ2n) is 6.87. The van der Waals surface area contributed by atoms with Crippen molar-refractivity contribution in [2.75, 3.05) is 29.9 Å². The number of nitrogens with one attached hydrogen (secondary N) is 1. The Hall–Kier alpha value is -1.32. The molecule has 0 bridgehead atoms. The number of aromatic nitrogens is 2. The zero-order valence-electron chi connectivity index (χ0n) is 13.8. The lowest BCUT2D eigenvalue weighted by Gasteiger charge is -2.37. The molecule has 1 aromatic rings. The van der Waals surface area contributed by atoms with Crippen LogP contribution in [-0.4, -0.2) is 29.6 Å². The molecule has 2 aliphatic rings. The molecule has 2 heterocycles. The van der Waals surface area contributed by atoms with Gasteiger partial charge in [0.15, 0.2) is 0 Å². The van der Waals surface area contributed by atoms with Gasteiger partial charge in [0.05, 0.1) is 0 Å². The van der Waals surface area contributed by atoms with Crippen LogP contribution in [-0.2, 0) is 0 Å². The van der Waals surface area contributed by atoms with Crippen molar-refractivity contribution in [1.82, 2.24) is 9.97 Å². The first-order valence-corrected chi connectivity index (χ1v) is 8.47. The van der Waals surface area contributed by atoms with E-state index < -0.39 is 0 Å². The van der Waals surface area contributed by atoms with Crippen molar-refractivity contribution in [3.05, 3.63) is 11.4 Å². The van der Waals surface area contributed by atoms with Gasteiger partial charge < -0.3 is 10.2 Å². The molecule has 0 aromatic carbocycles. The van der Waals surface area contributed by atoms with E-state index in [1.165, 1.54) is 30.6 Å². The van der Waals surface area contributed by atoms with Crippen LogP contribution in [0.1, 0.15) is 57.3 Å². The highest BCUT2D eigenvalue weighted by molar-refractivity contribution is 5.59. The quantitative estimate of drug-likeness (QED) is 0.919. The van der Waals surface area contributed by atoms with Gasteiger partial charge >= 0.3 is 0 Å². The molecule has 0 radical (unpaired) electrons. The van der Waals surface area contributed by atoms with E-state index in [1.54, 1.807) is 0 Å². The summed E-state index contributed by atoms with van der Waals surface area (Å²) in [4.78, 5) is 12.2. The van der Waals surface area contributed by atoms with Gasteiger partial charge in [-0.15, -0.1) is 0 Å². The Kier molecular flexibility index (Phi) is 4.05. The summed E-state index contributed by atoms with van der Waals surface area (Å²) in [5.41, 5.74) is 1.21. The molecule has 4 nitrogen and oxygen atoms in total. The summed E-state index contributed by atoms with van der Waals surface area (Å²) in [6, 6.07) is 0. The smallest absolute Gasteiger partial charge is 0.137 e. The van der Waals surface area contributed by atoms with Crippen molar-refractivity contribution in [2.24, 2.45) is 11.8 Å². The molecule has 2 fully saturated rings. The van der Waals surface area contributed by atoms with Gasteiger partial charge in [0.25, 0.3) is 0 Å². The van der Waals surface area contributed by atoms with Crippen LogP contribution in [0.25, 0.3) is 0 Å². The largest absolute Gasteiger partial charge is 0.370 e. The zero-order valence-corrected chi connectivity index (χ0v) is 13.8. The van der Waals surface area contributed by atoms with Gasteiger partial charge in [0, 0.05) is 31.1 Å². The second kappa shape index (κ2) is 5.82. The van der Waals surface area contributed by atoms with Gasteiger partial charge in [-0.05, 0) is 44.9 Å². The molecule has 1 N–H and O–H groups in total. The molecule has 3 rings (SSSR count). The maximum atomic E-state index is 4.94. The molecule has 21 heavy (non-hydrogen) atoms. The average Bonchev–Trinajstić information content (AvgIpc) is 3.29. The van der Waals surface area contributed by atoms with Gasteiger partial charge in [0.2, 0.25) is 0 Å². The second-order valence-corrected chi connectivity index (χ2v) is 6.87. The van der Waals surface area contributed by atoms with Crippen molar-refractivity contribution in [3.63, 3.8) is 0 Å². The topological polar surface area (TPSA) is 41.1 Å². The number of nitrogens with zero attached hydrogens (tertiary/aromatic N) is 3. The van der Waals surface area contributed by atoms with Gasteiger partial charge in [-0.25, -0.2) is 9.97 Å². The molecule has 4 heteroatoms. The van der Waals surface area contributed by atoms with E-state index in [0.717, 1.165) is 43.1 Å². The van der Waals surface area contributed by atoms with Crippen LogP contribution in [0.5, 0.6) is 0 Å². The summed E-state index contributed by atoms with van der Waals surface area (Å²) in [5.74, 6) is 5.41. The number of hydrogen-bond acceptors (Lipinski definition) is 4. The van der Waals surface area contributed by atoms with Crippen LogP contribution >= 0.6 is 0 Å². The Bertz CT molecular complexity index is 510. The number of rotatable bonds is 4. The fourth-order valence-electron chi connectivity index (χ4n) is 3.15. The van der Waals surface area contributed by atoms with E-state index >= 15 is 0 Å². The lowest BCUT2D eigenvalue weighted by atomic mass is 9.88. The molecule has 2 unspecified atom stereocenters. The summed E-state index contributed by atoms with van der Waals surface area (Å²) in [6.07, 6.45) is 3.77. The number of piperidine rings is 1. The van der Waals surface area contributed by atoms with E-state index in [9.17, 15) is 0 Å². The highest BCUT2D eigenvalue weighted by atomic mass is 15.2. The van der Waals surface area contributed by atoms with Crippen LogP contribution in [0.2, 0.25) is 0 Å². The van der Waals surface area contributed by atoms with Gasteiger partial charge in [-0.1, -0.05) is 13.8 Å². The number of hydrogen-bond donors (Lipinski definition) is 1. The molecule has 1 aliphatic carbocycles. The van der Waals surface area contributed by atoms with Crippen molar-refractivity contribution in [2.45, 2.75) is 52.9 Å².